The van der Waals surface area contributed by atoms with Crippen LogP contribution in [0.5, 0.6) is 0 Å². The molecule has 2 aromatic carbocycles. The predicted molar refractivity (Wildman–Crippen MR) is 147 cm³/mol. The summed E-state index contributed by atoms with van der Waals surface area (Å²) < 4.78 is 63.5. The van der Waals surface area contributed by atoms with Gasteiger partial charge >= 0.3 is 30.3 Å². The number of carboxylic acids is 3. The number of hydrogen-bond donors (Lipinski definition) is 5. The van der Waals surface area contributed by atoms with Gasteiger partial charge < -0.3 is 26.4 Å². The number of benzene rings is 2. The van der Waals surface area contributed by atoms with Crippen molar-refractivity contribution in [1.82, 2.24) is 25.3 Å². The molecule has 5 aromatic rings. The van der Waals surface area contributed by atoms with Crippen molar-refractivity contribution < 1.29 is 60.8 Å². The maximum Gasteiger partial charge on any atom is 0.490 e. The molecule has 5 rings (SSSR count). The van der Waals surface area contributed by atoms with E-state index in [4.69, 9.17) is 40.6 Å². The van der Waals surface area contributed by atoms with Crippen molar-refractivity contribution in [1.29, 1.82) is 0 Å². The molecule has 0 spiro atoms. The summed E-state index contributed by atoms with van der Waals surface area (Å²) >= 11 is 0. The van der Waals surface area contributed by atoms with Gasteiger partial charge in [-0.05, 0) is 48.4 Å². The van der Waals surface area contributed by atoms with Crippen LogP contribution in [0, 0.1) is 0 Å². The van der Waals surface area contributed by atoms with E-state index in [0.29, 0.717) is 11.0 Å². The maximum absolute atomic E-state index is 12.0. The number of halogens is 6. The van der Waals surface area contributed by atoms with Crippen LogP contribution in [0.4, 0.5) is 26.3 Å². The van der Waals surface area contributed by atoms with Crippen molar-refractivity contribution >= 4 is 67.7 Å². The van der Waals surface area contributed by atoms with Crippen LogP contribution in [0.15, 0.2) is 54.9 Å². The number of nitrogens with zero attached hydrogens (tertiary/aromatic N) is 4. The Bertz CT molecular complexity index is 1930. The summed E-state index contributed by atoms with van der Waals surface area (Å²) in [6, 6.07) is 12.3. The number of amides is 1. The normalized spacial score (nSPS) is 12.1. The molecule has 1 atom stereocenters. The first-order valence-corrected chi connectivity index (χ1v) is 12.5. The Labute approximate surface area is 251 Å². The Kier molecular flexibility index (Phi) is 10.5. The number of aliphatic carboxylic acids is 3. The van der Waals surface area contributed by atoms with Gasteiger partial charge in [0.05, 0.1) is 39.1 Å². The second-order valence-corrected chi connectivity index (χ2v) is 9.07. The number of carboxylic acid groups (broad SMARTS) is 3. The van der Waals surface area contributed by atoms with Crippen LogP contribution in [0.2, 0.25) is 0 Å². The molecule has 0 aliphatic carbocycles. The van der Waals surface area contributed by atoms with Crippen LogP contribution >= 0.6 is 0 Å². The molecule has 6 N–H and O–H groups in total. The molecule has 19 heteroatoms. The molecule has 3 heterocycles. The van der Waals surface area contributed by atoms with Crippen molar-refractivity contribution in [2.24, 2.45) is 5.73 Å². The first-order valence-electron chi connectivity index (χ1n) is 12.5. The lowest BCUT2D eigenvalue weighted by Crippen LogP contribution is -2.43. The number of carbonyl (C=O) groups is 4. The number of hydrogen-bond acceptors (Lipinski definition) is 9. The van der Waals surface area contributed by atoms with E-state index in [1.165, 1.54) is 0 Å². The molecule has 3 aromatic heterocycles. The van der Waals surface area contributed by atoms with E-state index < -0.39 is 48.8 Å². The number of nitrogens with one attached hydrogen (secondary N) is 1. The van der Waals surface area contributed by atoms with Gasteiger partial charge in [0.1, 0.15) is 6.54 Å². The predicted octanol–water partition coefficient (Wildman–Crippen LogP) is 3.22. The Morgan fingerprint density at radius 1 is 0.739 bits per heavy atom. The first kappa shape index (κ1) is 34.8. The topological polar surface area (TPSA) is 219 Å². The van der Waals surface area contributed by atoms with E-state index in [1.54, 1.807) is 12.4 Å². The molecular weight excluding hydrogens is 634 g/mol. The number of pyridine rings is 2. The highest BCUT2D eigenvalue weighted by Crippen LogP contribution is 2.31. The largest absolute Gasteiger partial charge is 0.490 e. The molecular formula is C27H20F6N6O7. The SMILES string of the molecule is N[C@@H](Cc1ccc2nc3c4cccnc4c4ncccc4c3nc2c1)C(=O)NCC(=O)O.O=C(O)C(F)(F)F.O=C(O)C(F)(F)F. The molecule has 46 heavy (non-hydrogen) atoms. The molecule has 242 valence electrons. The van der Waals surface area contributed by atoms with Crippen LogP contribution in [0.3, 0.4) is 0 Å². The zero-order chi connectivity index (χ0) is 34.4. The van der Waals surface area contributed by atoms with Crippen LogP contribution < -0.4 is 11.1 Å². The minimum absolute atomic E-state index is 0.241. The van der Waals surface area contributed by atoms with E-state index in [1.807, 2.05) is 42.5 Å². The number of fused-ring (bicyclic) bond motifs is 7. The van der Waals surface area contributed by atoms with Gasteiger partial charge in [0.15, 0.2) is 0 Å². The van der Waals surface area contributed by atoms with Crippen molar-refractivity contribution in [3.05, 3.63) is 60.4 Å². The van der Waals surface area contributed by atoms with Gasteiger partial charge in [-0.15, -0.1) is 0 Å². The third-order valence-electron chi connectivity index (χ3n) is 5.77. The highest BCUT2D eigenvalue weighted by atomic mass is 19.4. The molecule has 0 aliphatic heterocycles. The second-order valence-electron chi connectivity index (χ2n) is 9.07. The molecule has 0 saturated carbocycles. The molecule has 0 saturated heterocycles. The van der Waals surface area contributed by atoms with Gasteiger partial charge in [0.2, 0.25) is 5.91 Å². The molecule has 0 fully saturated rings. The minimum Gasteiger partial charge on any atom is -0.480 e. The lowest BCUT2D eigenvalue weighted by Gasteiger charge is -2.12. The zero-order valence-corrected chi connectivity index (χ0v) is 22.8. The van der Waals surface area contributed by atoms with Crippen LogP contribution in [0.25, 0.3) is 43.9 Å². The fourth-order valence-corrected chi connectivity index (χ4v) is 3.81. The van der Waals surface area contributed by atoms with Crippen LogP contribution in [-0.2, 0) is 25.6 Å². The summed E-state index contributed by atoms with van der Waals surface area (Å²) in [4.78, 5) is 59.2. The molecule has 1 amide bonds. The molecule has 0 aliphatic rings. The molecule has 0 bridgehead atoms. The number of nitrogens with two attached hydrogens (primary N) is 1. The van der Waals surface area contributed by atoms with Gasteiger partial charge in [-0.25, -0.2) is 19.6 Å². The molecule has 13 nitrogen and oxygen atoms in total. The average Bonchev–Trinajstić information content (AvgIpc) is 2.98. The first-order chi connectivity index (χ1) is 21.4. The Morgan fingerprint density at radius 2 is 1.20 bits per heavy atom. The van der Waals surface area contributed by atoms with E-state index in [2.05, 4.69) is 15.3 Å². The monoisotopic (exact) mass is 654 g/mol. The van der Waals surface area contributed by atoms with Crippen molar-refractivity contribution in [3.8, 4) is 0 Å². The highest BCUT2D eigenvalue weighted by molar-refractivity contribution is 6.21. The van der Waals surface area contributed by atoms with Gasteiger partial charge in [0.25, 0.3) is 0 Å². The van der Waals surface area contributed by atoms with E-state index in [-0.39, 0.29) is 6.42 Å². The fraction of sp³-hybridized carbons (Fsp3) is 0.185. The Hall–Kier alpha value is -5.72. The zero-order valence-electron chi connectivity index (χ0n) is 22.8. The second kappa shape index (κ2) is 13.9. The molecule has 0 unspecified atom stereocenters. The summed E-state index contributed by atoms with van der Waals surface area (Å²) in [6.45, 7) is -0.467. The quantitative estimate of drug-likeness (QED) is 0.105. The van der Waals surface area contributed by atoms with Crippen LogP contribution in [0.1, 0.15) is 5.56 Å². The van der Waals surface area contributed by atoms with E-state index in [9.17, 15) is 35.9 Å². The van der Waals surface area contributed by atoms with Crippen LogP contribution in [-0.4, -0.2) is 84.0 Å². The van der Waals surface area contributed by atoms with Gasteiger partial charge in [-0.1, -0.05) is 6.07 Å². The van der Waals surface area contributed by atoms with Gasteiger partial charge in [0, 0.05) is 23.2 Å². The summed E-state index contributed by atoms with van der Waals surface area (Å²) in [5.74, 6) is -7.16. The van der Waals surface area contributed by atoms with Crippen molar-refractivity contribution in [2.45, 2.75) is 24.8 Å². The number of aromatic nitrogens is 4. The third-order valence-corrected chi connectivity index (χ3v) is 5.77. The summed E-state index contributed by atoms with van der Waals surface area (Å²) in [6.07, 6.45) is -6.46. The van der Waals surface area contributed by atoms with Crippen molar-refractivity contribution in [3.63, 3.8) is 0 Å². The lowest BCUT2D eigenvalue weighted by atomic mass is 10.0. The average molecular weight is 654 g/mol. The number of alkyl halides is 6. The van der Waals surface area contributed by atoms with Gasteiger partial charge in [-0.3, -0.25) is 19.6 Å². The van der Waals surface area contributed by atoms with Gasteiger partial charge in [-0.2, -0.15) is 26.3 Å². The standard InChI is InChI=1S/C23H18N6O3.2C2HF3O2/c24-15(23(32)27-11-18(30)31)9-12-5-6-16-17(10-12)29-22-14-4-2-8-26-20(14)19-13(21(22)28-16)3-1-7-25-19;2*3-2(4,5)1(6)7/h1-8,10,15H,9,11,24H2,(H,27,32)(H,30,31);2*(H,6,7)/t15-;;/m0../s1. The Morgan fingerprint density at radius 3 is 1.63 bits per heavy atom. The smallest absolute Gasteiger partial charge is 0.480 e. The van der Waals surface area contributed by atoms with Crippen molar-refractivity contribution in [2.75, 3.05) is 6.54 Å². The molecule has 0 radical (unpaired) electrons. The highest BCUT2D eigenvalue weighted by Gasteiger charge is 2.38. The number of rotatable bonds is 5. The summed E-state index contributed by atoms with van der Waals surface area (Å²) in [7, 11) is 0. The fourth-order valence-electron chi connectivity index (χ4n) is 3.81. The third kappa shape index (κ3) is 8.68. The van der Waals surface area contributed by atoms with E-state index in [0.717, 1.165) is 38.4 Å². The Balaban J connectivity index is 0.000000345. The number of carbonyl (C=O) groups excluding carboxylic acids is 1. The summed E-state index contributed by atoms with van der Waals surface area (Å²) in [5.41, 5.74) is 11.1. The maximum atomic E-state index is 12.0. The minimum atomic E-state index is -5.08. The summed E-state index contributed by atoms with van der Waals surface area (Å²) in [5, 5.41) is 27.0. The lowest BCUT2D eigenvalue weighted by molar-refractivity contribution is -0.193. The van der Waals surface area contributed by atoms with E-state index >= 15 is 0 Å².